The Labute approximate surface area is 205 Å². The lowest BCUT2D eigenvalue weighted by Crippen LogP contribution is -2.43. The topological polar surface area (TPSA) is 104 Å². The summed E-state index contributed by atoms with van der Waals surface area (Å²) in [6.07, 6.45) is 9.02. The number of fused-ring (bicyclic) bond motifs is 1. The van der Waals surface area contributed by atoms with Crippen LogP contribution in [0, 0.1) is 5.92 Å². The van der Waals surface area contributed by atoms with Crippen molar-refractivity contribution in [2.45, 2.75) is 31.7 Å². The third-order valence-corrected chi connectivity index (χ3v) is 7.28. The fourth-order valence-electron chi connectivity index (χ4n) is 5.30. The van der Waals surface area contributed by atoms with E-state index in [9.17, 15) is 9.59 Å². The number of carbonyl (C=O) groups excluding carboxylic acids is 2. The van der Waals surface area contributed by atoms with Crippen LogP contribution in [0.3, 0.4) is 0 Å². The normalized spacial score (nSPS) is 18.7. The van der Waals surface area contributed by atoms with E-state index < -0.39 is 0 Å². The quantitative estimate of drug-likeness (QED) is 0.604. The van der Waals surface area contributed by atoms with Gasteiger partial charge in [0.2, 0.25) is 5.91 Å². The lowest BCUT2D eigenvalue weighted by Gasteiger charge is -2.32. The summed E-state index contributed by atoms with van der Waals surface area (Å²) in [4.78, 5) is 37.8. The van der Waals surface area contributed by atoms with Crippen LogP contribution in [0.2, 0.25) is 0 Å². The Hall–Kier alpha value is -3.52. The number of nitrogens with one attached hydrogen (secondary N) is 1. The van der Waals surface area contributed by atoms with Crippen LogP contribution in [0.25, 0.3) is 21.9 Å². The maximum atomic E-state index is 13.4. The van der Waals surface area contributed by atoms with Crippen molar-refractivity contribution in [2.24, 2.45) is 5.92 Å². The van der Waals surface area contributed by atoms with Gasteiger partial charge in [-0.1, -0.05) is 0 Å². The molecule has 2 amide bonds. The van der Waals surface area contributed by atoms with Crippen LogP contribution in [0.5, 0.6) is 0 Å². The number of anilines is 1. The molecule has 3 aromatic rings. The van der Waals surface area contributed by atoms with Crippen molar-refractivity contribution in [2.75, 3.05) is 39.5 Å². The van der Waals surface area contributed by atoms with Gasteiger partial charge in [0.15, 0.2) is 0 Å². The summed E-state index contributed by atoms with van der Waals surface area (Å²) < 4.78 is 0. The van der Waals surface area contributed by atoms with Crippen molar-refractivity contribution >= 4 is 28.4 Å². The molecular formula is C27H32N6O2. The monoisotopic (exact) mass is 472 g/mol. The Bertz CT molecular complexity index is 1260. The van der Waals surface area contributed by atoms with Crippen molar-refractivity contribution in [1.29, 1.82) is 0 Å². The van der Waals surface area contributed by atoms with Gasteiger partial charge in [0, 0.05) is 68.7 Å². The van der Waals surface area contributed by atoms with E-state index in [1.54, 1.807) is 36.3 Å². The Balaban J connectivity index is 1.44. The zero-order valence-electron chi connectivity index (χ0n) is 20.3. The summed E-state index contributed by atoms with van der Waals surface area (Å²) >= 11 is 0. The molecular weight excluding hydrogens is 440 g/mol. The minimum absolute atomic E-state index is 0.0365. The smallest absolute Gasteiger partial charge is 0.257 e. The van der Waals surface area contributed by atoms with Crippen molar-refractivity contribution in [3.63, 3.8) is 0 Å². The van der Waals surface area contributed by atoms with E-state index in [0.29, 0.717) is 31.5 Å². The highest BCUT2D eigenvalue weighted by Gasteiger charge is 2.30. The number of piperidine rings is 1. The molecule has 2 saturated heterocycles. The summed E-state index contributed by atoms with van der Waals surface area (Å²) in [6.45, 7) is 2.08. The SMILES string of the molecule is CN(C)C(=O)C1CCN(C(=O)c2cc(-c3cc(C4CCCN4)c4cnccc4c3)cnc2N)CC1. The van der Waals surface area contributed by atoms with Crippen LogP contribution in [-0.2, 0) is 4.79 Å². The number of nitrogen functional groups attached to an aromatic ring is 1. The average Bonchev–Trinajstić information content (AvgIpc) is 3.42. The molecule has 1 unspecified atom stereocenters. The summed E-state index contributed by atoms with van der Waals surface area (Å²) in [6, 6.07) is 8.47. The molecule has 0 aliphatic carbocycles. The Morgan fingerprint density at radius 2 is 1.89 bits per heavy atom. The summed E-state index contributed by atoms with van der Waals surface area (Å²) in [5, 5.41) is 5.85. The van der Waals surface area contributed by atoms with E-state index in [-0.39, 0.29) is 29.6 Å². The second kappa shape index (κ2) is 9.62. The van der Waals surface area contributed by atoms with Gasteiger partial charge in [0.05, 0.1) is 5.56 Å². The van der Waals surface area contributed by atoms with Crippen LogP contribution >= 0.6 is 0 Å². The molecule has 1 aromatic carbocycles. The lowest BCUT2D eigenvalue weighted by atomic mass is 9.93. The van der Waals surface area contributed by atoms with E-state index >= 15 is 0 Å². The van der Waals surface area contributed by atoms with Gasteiger partial charge >= 0.3 is 0 Å². The molecule has 2 aromatic heterocycles. The van der Waals surface area contributed by atoms with Crippen molar-refractivity contribution in [3.8, 4) is 11.1 Å². The van der Waals surface area contributed by atoms with E-state index in [1.807, 2.05) is 18.3 Å². The zero-order valence-corrected chi connectivity index (χ0v) is 20.3. The van der Waals surface area contributed by atoms with E-state index in [1.165, 1.54) is 5.56 Å². The van der Waals surface area contributed by atoms with Crippen LogP contribution in [0.4, 0.5) is 5.82 Å². The van der Waals surface area contributed by atoms with E-state index in [2.05, 4.69) is 27.4 Å². The molecule has 35 heavy (non-hydrogen) atoms. The zero-order chi connectivity index (χ0) is 24.5. The number of hydrogen-bond acceptors (Lipinski definition) is 6. The minimum atomic E-state index is -0.129. The Morgan fingerprint density at radius 1 is 1.09 bits per heavy atom. The van der Waals surface area contributed by atoms with Crippen molar-refractivity contribution < 1.29 is 9.59 Å². The first kappa shape index (κ1) is 23.2. The molecule has 3 N–H and O–H groups in total. The Morgan fingerprint density at radius 3 is 2.60 bits per heavy atom. The maximum absolute atomic E-state index is 13.4. The standard InChI is InChI=1S/C27H32N6O2/c1-32(2)26(34)17-6-10-33(11-7-17)27(35)22-14-20(15-31-25(22)28)19-12-18-5-9-29-16-23(18)21(13-19)24-4-3-8-30-24/h5,9,12-17,24,30H,3-4,6-8,10-11H2,1-2H3,(H2,28,31). The van der Waals surface area contributed by atoms with Crippen LogP contribution in [0.1, 0.15) is 47.6 Å². The highest BCUT2D eigenvalue weighted by Crippen LogP contribution is 2.34. The number of carbonyl (C=O) groups is 2. The van der Waals surface area contributed by atoms with Gasteiger partial charge in [-0.25, -0.2) is 4.98 Å². The molecule has 182 valence electrons. The van der Waals surface area contributed by atoms with Gasteiger partial charge in [-0.15, -0.1) is 0 Å². The van der Waals surface area contributed by atoms with Gasteiger partial charge in [-0.3, -0.25) is 14.6 Å². The number of nitrogens with two attached hydrogens (primary N) is 1. The highest BCUT2D eigenvalue weighted by atomic mass is 16.2. The van der Waals surface area contributed by atoms with Gasteiger partial charge in [-0.2, -0.15) is 0 Å². The average molecular weight is 473 g/mol. The fourth-order valence-corrected chi connectivity index (χ4v) is 5.30. The second-order valence-electron chi connectivity index (χ2n) is 9.77. The fraction of sp³-hybridized carbons (Fsp3) is 0.407. The molecule has 0 spiro atoms. The summed E-state index contributed by atoms with van der Waals surface area (Å²) in [5.74, 6) is 0.188. The number of likely N-dealkylation sites (tertiary alicyclic amines) is 1. The number of aromatic nitrogens is 2. The molecule has 5 rings (SSSR count). The first-order valence-electron chi connectivity index (χ1n) is 12.3. The Kier molecular flexibility index (Phi) is 6.38. The number of amides is 2. The number of hydrogen-bond donors (Lipinski definition) is 2. The third kappa shape index (κ3) is 4.58. The first-order valence-corrected chi connectivity index (χ1v) is 12.3. The van der Waals surface area contributed by atoms with Crippen LogP contribution < -0.4 is 11.1 Å². The van der Waals surface area contributed by atoms with Gasteiger partial charge in [0.1, 0.15) is 5.82 Å². The van der Waals surface area contributed by atoms with E-state index in [4.69, 9.17) is 5.73 Å². The molecule has 0 radical (unpaired) electrons. The summed E-state index contributed by atoms with van der Waals surface area (Å²) in [5.41, 5.74) is 9.67. The molecule has 1 atom stereocenters. The van der Waals surface area contributed by atoms with Crippen LogP contribution in [-0.4, -0.2) is 65.3 Å². The molecule has 2 aliphatic heterocycles. The van der Waals surface area contributed by atoms with Gasteiger partial charge < -0.3 is 20.9 Å². The van der Waals surface area contributed by atoms with Crippen LogP contribution in [0.15, 0.2) is 42.9 Å². The molecule has 8 heteroatoms. The predicted octanol–water partition coefficient (Wildman–Crippen LogP) is 3.24. The molecule has 2 aliphatic rings. The van der Waals surface area contributed by atoms with Gasteiger partial charge in [-0.05, 0) is 73.0 Å². The third-order valence-electron chi connectivity index (χ3n) is 7.28. The highest BCUT2D eigenvalue weighted by molar-refractivity contribution is 6.00. The minimum Gasteiger partial charge on any atom is -0.383 e. The number of benzene rings is 1. The molecule has 0 saturated carbocycles. The predicted molar refractivity (Wildman–Crippen MR) is 137 cm³/mol. The van der Waals surface area contributed by atoms with E-state index in [0.717, 1.165) is 41.3 Å². The maximum Gasteiger partial charge on any atom is 0.257 e. The molecule has 0 bridgehead atoms. The number of pyridine rings is 2. The van der Waals surface area contributed by atoms with Crippen molar-refractivity contribution in [1.82, 2.24) is 25.1 Å². The molecule has 4 heterocycles. The summed E-state index contributed by atoms with van der Waals surface area (Å²) in [7, 11) is 3.55. The molecule has 8 nitrogen and oxygen atoms in total. The number of rotatable bonds is 4. The van der Waals surface area contributed by atoms with Crippen molar-refractivity contribution in [3.05, 3.63) is 54.0 Å². The largest absolute Gasteiger partial charge is 0.383 e. The second-order valence-corrected chi connectivity index (χ2v) is 9.77. The molecule has 2 fully saturated rings. The number of nitrogens with zero attached hydrogens (tertiary/aromatic N) is 4. The first-order chi connectivity index (χ1) is 16.9. The van der Waals surface area contributed by atoms with Gasteiger partial charge in [0.25, 0.3) is 5.91 Å². The lowest BCUT2D eigenvalue weighted by molar-refractivity contribution is -0.134.